The van der Waals surface area contributed by atoms with E-state index in [2.05, 4.69) is 32.9 Å². The van der Waals surface area contributed by atoms with E-state index in [1.807, 2.05) is 12.1 Å². The smallest absolute Gasteiger partial charge is 0.311 e. The van der Waals surface area contributed by atoms with Crippen LogP contribution in [-0.4, -0.2) is 19.7 Å². The molecule has 0 amide bonds. The van der Waals surface area contributed by atoms with E-state index in [0.717, 1.165) is 32.3 Å². The molecule has 0 spiro atoms. The van der Waals surface area contributed by atoms with Crippen LogP contribution in [0.3, 0.4) is 0 Å². The molecule has 0 N–H and O–H groups in total. The monoisotopic (exact) mass is 362 g/mol. The Balaban J connectivity index is 2.45. The average Bonchev–Trinajstić information content (AvgIpc) is 2.62. The van der Waals surface area contributed by atoms with E-state index < -0.39 is 0 Å². The summed E-state index contributed by atoms with van der Waals surface area (Å²) in [6, 6.07) is 8.09. The molecule has 0 saturated heterocycles. The van der Waals surface area contributed by atoms with Crippen LogP contribution in [-0.2, 0) is 9.53 Å². The maximum atomic E-state index is 12.0. The predicted molar refractivity (Wildman–Crippen MR) is 109 cm³/mol. The molecule has 3 heteroatoms. The highest BCUT2D eigenvalue weighted by atomic mass is 16.5. The summed E-state index contributed by atoms with van der Waals surface area (Å²) in [5.41, 5.74) is 1.33. The van der Waals surface area contributed by atoms with E-state index in [4.69, 9.17) is 9.47 Å². The van der Waals surface area contributed by atoms with Crippen LogP contribution in [0.4, 0.5) is 0 Å². The second-order valence-corrected chi connectivity index (χ2v) is 7.45. The number of rotatable bonds is 14. The first-order chi connectivity index (χ1) is 12.6. The van der Waals surface area contributed by atoms with Gasteiger partial charge in [-0.2, -0.15) is 0 Å². The summed E-state index contributed by atoms with van der Waals surface area (Å²) in [6.07, 6.45) is 9.53. The summed E-state index contributed by atoms with van der Waals surface area (Å²) in [4.78, 5) is 12.0. The molecule has 2 unspecified atom stereocenters. The van der Waals surface area contributed by atoms with Crippen LogP contribution in [0.1, 0.15) is 90.0 Å². The van der Waals surface area contributed by atoms with Crippen LogP contribution in [0.5, 0.6) is 5.75 Å². The molecule has 1 aromatic carbocycles. The van der Waals surface area contributed by atoms with Crippen molar-refractivity contribution in [3.63, 3.8) is 0 Å². The second-order valence-electron chi connectivity index (χ2n) is 7.45. The van der Waals surface area contributed by atoms with Gasteiger partial charge in [-0.1, -0.05) is 58.6 Å². The molecule has 148 valence electrons. The quantitative estimate of drug-likeness (QED) is 0.215. The van der Waals surface area contributed by atoms with Gasteiger partial charge in [0.05, 0.1) is 0 Å². The topological polar surface area (TPSA) is 35.5 Å². The number of carbonyl (C=O) groups is 1. The van der Waals surface area contributed by atoms with Crippen LogP contribution >= 0.6 is 0 Å². The summed E-state index contributed by atoms with van der Waals surface area (Å²) in [5, 5.41) is 0. The molecule has 0 heterocycles. The van der Waals surface area contributed by atoms with Crippen LogP contribution in [0.2, 0.25) is 0 Å². The standard InChI is InChI=1S/C23H38O3/c1-5-9-19(3)11-7-13-23(24)26-22-16-14-21(15-17-22)20(10-6-2)12-8-18-25-4/h14-17,19-20H,5-13,18H2,1-4H3. The number of carbonyl (C=O) groups excluding carboxylic acids is 1. The van der Waals surface area contributed by atoms with Gasteiger partial charge < -0.3 is 9.47 Å². The van der Waals surface area contributed by atoms with Gasteiger partial charge in [0.1, 0.15) is 5.75 Å². The highest BCUT2D eigenvalue weighted by molar-refractivity contribution is 5.72. The van der Waals surface area contributed by atoms with Gasteiger partial charge in [-0.05, 0) is 55.2 Å². The van der Waals surface area contributed by atoms with Crippen molar-refractivity contribution in [2.75, 3.05) is 13.7 Å². The van der Waals surface area contributed by atoms with E-state index in [0.29, 0.717) is 24.0 Å². The van der Waals surface area contributed by atoms with Gasteiger partial charge >= 0.3 is 5.97 Å². The van der Waals surface area contributed by atoms with Crippen molar-refractivity contribution in [3.8, 4) is 5.75 Å². The summed E-state index contributed by atoms with van der Waals surface area (Å²) >= 11 is 0. The lowest BCUT2D eigenvalue weighted by atomic mass is 9.90. The molecule has 26 heavy (non-hydrogen) atoms. The maximum Gasteiger partial charge on any atom is 0.311 e. The molecule has 3 nitrogen and oxygen atoms in total. The zero-order chi connectivity index (χ0) is 19.2. The lowest BCUT2D eigenvalue weighted by Crippen LogP contribution is -2.08. The molecular weight excluding hydrogens is 324 g/mol. The summed E-state index contributed by atoms with van der Waals surface area (Å²) < 4.78 is 10.7. The zero-order valence-electron chi connectivity index (χ0n) is 17.3. The molecule has 0 aliphatic carbocycles. The van der Waals surface area contributed by atoms with Gasteiger partial charge in [-0.15, -0.1) is 0 Å². The third-order valence-corrected chi connectivity index (χ3v) is 4.98. The third kappa shape index (κ3) is 9.38. The molecule has 2 atom stereocenters. The number of methoxy groups -OCH3 is 1. The van der Waals surface area contributed by atoms with Crippen molar-refractivity contribution < 1.29 is 14.3 Å². The normalized spacial score (nSPS) is 13.4. The number of hydrogen-bond acceptors (Lipinski definition) is 3. The Hall–Kier alpha value is -1.35. The molecule has 0 radical (unpaired) electrons. The zero-order valence-corrected chi connectivity index (χ0v) is 17.3. The van der Waals surface area contributed by atoms with E-state index in [-0.39, 0.29) is 5.97 Å². The lowest BCUT2D eigenvalue weighted by Gasteiger charge is -2.17. The fourth-order valence-electron chi connectivity index (χ4n) is 3.52. The third-order valence-electron chi connectivity index (χ3n) is 4.98. The average molecular weight is 363 g/mol. The van der Waals surface area contributed by atoms with Crippen LogP contribution in [0, 0.1) is 5.92 Å². The second kappa shape index (κ2) is 13.8. The Kier molecular flexibility index (Phi) is 12.0. The van der Waals surface area contributed by atoms with Crippen LogP contribution in [0.15, 0.2) is 24.3 Å². The molecular formula is C23H38O3. The Morgan fingerprint density at radius 2 is 1.65 bits per heavy atom. The molecule has 0 bridgehead atoms. The summed E-state index contributed by atoms with van der Waals surface area (Å²) in [7, 11) is 1.75. The molecule has 1 aromatic rings. The van der Waals surface area contributed by atoms with Crippen molar-refractivity contribution in [2.45, 2.75) is 84.5 Å². The minimum Gasteiger partial charge on any atom is -0.427 e. The predicted octanol–water partition coefficient (Wildman–Crippen LogP) is 6.51. The molecule has 1 rings (SSSR count). The first-order valence-corrected chi connectivity index (χ1v) is 10.4. The lowest BCUT2D eigenvalue weighted by molar-refractivity contribution is -0.134. The number of esters is 1. The summed E-state index contributed by atoms with van der Waals surface area (Å²) in [5.74, 6) is 1.79. The van der Waals surface area contributed by atoms with Crippen molar-refractivity contribution in [2.24, 2.45) is 5.92 Å². The van der Waals surface area contributed by atoms with Crippen molar-refractivity contribution in [1.29, 1.82) is 0 Å². The molecule has 0 aliphatic heterocycles. The van der Waals surface area contributed by atoms with E-state index in [9.17, 15) is 4.79 Å². The maximum absolute atomic E-state index is 12.0. The molecule has 0 fully saturated rings. The van der Waals surface area contributed by atoms with Gasteiger partial charge in [-0.3, -0.25) is 4.79 Å². The molecule has 0 saturated carbocycles. The highest BCUT2D eigenvalue weighted by Crippen LogP contribution is 2.28. The first-order valence-electron chi connectivity index (χ1n) is 10.4. The fourth-order valence-corrected chi connectivity index (χ4v) is 3.52. The highest BCUT2D eigenvalue weighted by Gasteiger charge is 2.12. The van der Waals surface area contributed by atoms with Gasteiger partial charge in [0.2, 0.25) is 0 Å². The Morgan fingerprint density at radius 1 is 0.962 bits per heavy atom. The number of benzene rings is 1. The minimum absolute atomic E-state index is 0.119. The van der Waals surface area contributed by atoms with Gasteiger partial charge in [0.25, 0.3) is 0 Å². The van der Waals surface area contributed by atoms with E-state index in [1.165, 1.54) is 31.2 Å². The van der Waals surface area contributed by atoms with E-state index in [1.54, 1.807) is 7.11 Å². The van der Waals surface area contributed by atoms with Gasteiger partial charge in [-0.25, -0.2) is 0 Å². The van der Waals surface area contributed by atoms with Gasteiger partial charge in [0.15, 0.2) is 0 Å². The first kappa shape index (κ1) is 22.7. The van der Waals surface area contributed by atoms with E-state index >= 15 is 0 Å². The molecule has 0 aliphatic rings. The van der Waals surface area contributed by atoms with Gasteiger partial charge in [0, 0.05) is 20.1 Å². The van der Waals surface area contributed by atoms with Crippen molar-refractivity contribution >= 4 is 5.97 Å². The largest absolute Gasteiger partial charge is 0.427 e. The number of ether oxygens (including phenoxy) is 2. The summed E-state index contributed by atoms with van der Waals surface area (Å²) in [6.45, 7) is 7.50. The Morgan fingerprint density at radius 3 is 2.27 bits per heavy atom. The Bertz CT molecular complexity index is 481. The SMILES string of the molecule is CCCC(C)CCCC(=O)Oc1ccc(C(CCC)CCCOC)cc1. The number of hydrogen-bond donors (Lipinski definition) is 0. The van der Waals surface area contributed by atoms with Crippen molar-refractivity contribution in [1.82, 2.24) is 0 Å². The fraction of sp³-hybridized carbons (Fsp3) is 0.696. The minimum atomic E-state index is -0.119. The van der Waals surface area contributed by atoms with Crippen LogP contribution < -0.4 is 4.74 Å². The van der Waals surface area contributed by atoms with Crippen molar-refractivity contribution in [3.05, 3.63) is 29.8 Å². The van der Waals surface area contributed by atoms with Crippen LogP contribution in [0.25, 0.3) is 0 Å². The Labute approximate surface area is 160 Å². The molecule has 0 aromatic heterocycles.